The lowest BCUT2D eigenvalue weighted by Gasteiger charge is -2.06. The second-order valence-corrected chi connectivity index (χ2v) is 7.27. The Kier molecular flexibility index (Phi) is 6.57. The zero-order valence-corrected chi connectivity index (χ0v) is 18.0. The van der Waals surface area contributed by atoms with Gasteiger partial charge in [0, 0.05) is 35.6 Å². The minimum atomic E-state index is -0.331. The molecule has 4 rings (SSSR count). The molecule has 0 bridgehead atoms. The third-order valence-electron chi connectivity index (χ3n) is 4.63. The van der Waals surface area contributed by atoms with Crippen molar-refractivity contribution in [3.8, 4) is 17.1 Å². The number of ether oxygens (including phenoxy) is 1. The van der Waals surface area contributed by atoms with Crippen molar-refractivity contribution in [2.75, 3.05) is 12.4 Å². The van der Waals surface area contributed by atoms with Crippen LogP contribution in [-0.2, 0) is 6.54 Å². The Morgan fingerprint density at radius 3 is 2.59 bits per heavy atom. The van der Waals surface area contributed by atoms with E-state index in [-0.39, 0.29) is 5.91 Å². The zero-order chi connectivity index (χ0) is 22.3. The number of hydrogen-bond donors (Lipinski definition) is 1. The van der Waals surface area contributed by atoms with Gasteiger partial charge in [-0.15, -0.1) is 5.10 Å². The van der Waals surface area contributed by atoms with Crippen LogP contribution in [0.15, 0.2) is 79.1 Å². The van der Waals surface area contributed by atoms with Gasteiger partial charge in [0.25, 0.3) is 5.91 Å². The van der Waals surface area contributed by atoms with Crippen molar-refractivity contribution in [3.63, 3.8) is 0 Å². The molecule has 0 saturated heterocycles. The molecular formula is C24H20ClN5O2. The van der Waals surface area contributed by atoms with Crippen LogP contribution in [0.4, 0.5) is 5.95 Å². The quantitative estimate of drug-likeness (QED) is 0.404. The minimum absolute atomic E-state index is 0.331. The third kappa shape index (κ3) is 5.19. The maximum atomic E-state index is 12.9. The van der Waals surface area contributed by atoms with Gasteiger partial charge in [-0.25, -0.2) is 0 Å². The molecule has 0 spiro atoms. The van der Waals surface area contributed by atoms with E-state index < -0.39 is 0 Å². The number of allylic oxidation sites excluding steroid dienone is 1. The Bertz CT molecular complexity index is 1220. The lowest BCUT2D eigenvalue weighted by molar-refractivity contribution is 0.0957. The highest BCUT2D eigenvalue weighted by Crippen LogP contribution is 2.19. The van der Waals surface area contributed by atoms with Crippen molar-refractivity contribution in [1.29, 1.82) is 0 Å². The number of pyridine rings is 1. The van der Waals surface area contributed by atoms with E-state index in [4.69, 9.17) is 16.3 Å². The monoisotopic (exact) mass is 445 g/mol. The Labute approximate surface area is 190 Å². The van der Waals surface area contributed by atoms with Crippen LogP contribution in [0.25, 0.3) is 17.5 Å². The summed E-state index contributed by atoms with van der Waals surface area (Å²) in [6.07, 6.45) is 6.50. The maximum absolute atomic E-state index is 12.9. The van der Waals surface area contributed by atoms with E-state index in [2.05, 4.69) is 20.4 Å². The van der Waals surface area contributed by atoms with Gasteiger partial charge in [0.1, 0.15) is 5.75 Å². The number of carbonyl (C=O) groups excluding carboxylic acids is 1. The smallest absolute Gasteiger partial charge is 0.274 e. The maximum Gasteiger partial charge on any atom is 0.274 e. The number of anilines is 1. The molecule has 2 aromatic heterocycles. The van der Waals surface area contributed by atoms with Crippen molar-refractivity contribution in [3.05, 3.63) is 95.3 Å². The molecule has 0 amide bonds. The molecule has 1 N–H and O–H groups in total. The summed E-state index contributed by atoms with van der Waals surface area (Å²) in [5.41, 5.74) is 2.57. The second kappa shape index (κ2) is 9.89. The van der Waals surface area contributed by atoms with E-state index >= 15 is 0 Å². The van der Waals surface area contributed by atoms with Gasteiger partial charge >= 0.3 is 0 Å². The lowest BCUT2D eigenvalue weighted by Crippen LogP contribution is -2.14. The number of methoxy groups -OCH3 is 1. The number of rotatable bonds is 7. The van der Waals surface area contributed by atoms with E-state index in [0.29, 0.717) is 28.9 Å². The molecule has 32 heavy (non-hydrogen) atoms. The van der Waals surface area contributed by atoms with E-state index in [0.717, 1.165) is 16.9 Å². The van der Waals surface area contributed by atoms with Gasteiger partial charge in [0.2, 0.25) is 5.95 Å². The fourth-order valence-corrected chi connectivity index (χ4v) is 3.06. The third-order valence-corrected chi connectivity index (χ3v) is 4.89. The van der Waals surface area contributed by atoms with E-state index in [1.165, 1.54) is 10.8 Å². The number of halogens is 1. The highest BCUT2D eigenvalue weighted by molar-refractivity contribution is 6.30. The molecule has 0 atom stereocenters. The predicted molar refractivity (Wildman–Crippen MR) is 125 cm³/mol. The van der Waals surface area contributed by atoms with Crippen LogP contribution in [0.5, 0.6) is 5.75 Å². The van der Waals surface area contributed by atoms with Crippen LogP contribution in [0.3, 0.4) is 0 Å². The normalized spacial score (nSPS) is 10.9. The first-order valence-electron chi connectivity index (χ1n) is 9.84. The molecule has 2 heterocycles. The second-order valence-electron chi connectivity index (χ2n) is 6.84. The van der Waals surface area contributed by atoms with Gasteiger partial charge in [0.15, 0.2) is 5.82 Å². The number of hydrogen-bond acceptors (Lipinski definition) is 6. The average molecular weight is 446 g/mol. The average Bonchev–Trinajstić information content (AvgIpc) is 3.27. The molecule has 0 radical (unpaired) electrons. The standard InChI is InChI=1S/C24H20ClN5O2/c1-32-21-11-6-17(7-12-21)8-13-22(31)30-24(27-15-18-4-9-20(25)10-5-18)28-23(29-30)19-3-2-14-26-16-19/h2-14,16H,15H2,1H3,(H,27,28,29)/b13-8+. The summed E-state index contributed by atoms with van der Waals surface area (Å²) in [5.74, 6) is 1.16. The van der Waals surface area contributed by atoms with Crippen LogP contribution in [-0.4, -0.2) is 32.8 Å². The lowest BCUT2D eigenvalue weighted by atomic mass is 10.2. The number of benzene rings is 2. The molecule has 4 aromatic rings. The Morgan fingerprint density at radius 1 is 1.12 bits per heavy atom. The van der Waals surface area contributed by atoms with Crippen molar-refractivity contribution in [1.82, 2.24) is 19.7 Å². The Morgan fingerprint density at radius 2 is 1.91 bits per heavy atom. The fraction of sp³-hybridized carbons (Fsp3) is 0.0833. The van der Waals surface area contributed by atoms with Crippen LogP contribution < -0.4 is 10.1 Å². The van der Waals surface area contributed by atoms with Crippen LogP contribution in [0, 0.1) is 0 Å². The molecule has 160 valence electrons. The summed E-state index contributed by atoms with van der Waals surface area (Å²) in [6, 6.07) is 18.5. The van der Waals surface area contributed by atoms with E-state index in [9.17, 15) is 4.79 Å². The highest BCUT2D eigenvalue weighted by Gasteiger charge is 2.16. The molecular weight excluding hydrogens is 426 g/mol. The molecule has 0 saturated carbocycles. The predicted octanol–water partition coefficient (Wildman–Crippen LogP) is 4.97. The van der Waals surface area contributed by atoms with Gasteiger partial charge < -0.3 is 10.1 Å². The summed E-state index contributed by atoms with van der Waals surface area (Å²) < 4.78 is 6.41. The number of nitrogens with one attached hydrogen (secondary N) is 1. The SMILES string of the molecule is COc1ccc(/C=C/C(=O)n2nc(-c3cccnc3)nc2NCc2ccc(Cl)cc2)cc1. The number of aromatic nitrogens is 4. The number of carbonyl (C=O) groups is 1. The molecule has 0 aliphatic carbocycles. The summed E-state index contributed by atoms with van der Waals surface area (Å²) in [7, 11) is 1.61. The topological polar surface area (TPSA) is 81.9 Å². The van der Waals surface area contributed by atoms with E-state index in [1.807, 2.05) is 54.6 Å². The summed E-state index contributed by atoms with van der Waals surface area (Å²) in [6.45, 7) is 0.456. The first kappa shape index (κ1) is 21.3. The summed E-state index contributed by atoms with van der Waals surface area (Å²) >= 11 is 5.96. The van der Waals surface area contributed by atoms with Gasteiger partial charge in [-0.05, 0) is 53.6 Å². The van der Waals surface area contributed by atoms with Gasteiger partial charge in [-0.3, -0.25) is 9.78 Å². The Hall–Kier alpha value is -3.97. The largest absolute Gasteiger partial charge is 0.497 e. The van der Waals surface area contributed by atoms with Crippen LogP contribution in [0.1, 0.15) is 15.9 Å². The van der Waals surface area contributed by atoms with E-state index in [1.54, 1.807) is 31.6 Å². The number of nitrogens with zero attached hydrogens (tertiary/aromatic N) is 4. The minimum Gasteiger partial charge on any atom is -0.497 e. The first-order chi connectivity index (χ1) is 15.6. The summed E-state index contributed by atoms with van der Waals surface area (Å²) in [5, 5.41) is 8.26. The van der Waals surface area contributed by atoms with Crippen molar-refractivity contribution in [2.45, 2.75) is 6.54 Å². The van der Waals surface area contributed by atoms with Crippen molar-refractivity contribution >= 4 is 29.5 Å². The molecule has 0 aliphatic rings. The first-order valence-corrected chi connectivity index (χ1v) is 10.2. The fourth-order valence-electron chi connectivity index (χ4n) is 2.93. The molecule has 0 fully saturated rings. The van der Waals surface area contributed by atoms with Crippen molar-refractivity contribution < 1.29 is 9.53 Å². The zero-order valence-electron chi connectivity index (χ0n) is 17.3. The molecule has 7 nitrogen and oxygen atoms in total. The van der Waals surface area contributed by atoms with Crippen molar-refractivity contribution in [2.24, 2.45) is 0 Å². The van der Waals surface area contributed by atoms with Crippen LogP contribution in [0.2, 0.25) is 5.02 Å². The van der Waals surface area contributed by atoms with Gasteiger partial charge in [-0.1, -0.05) is 35.9 Å². The molecule has 0 unspecified atom stereocenters. The molecule has 2 aromatic carbocycles. The summed E-state index contributed by atoms with van der Waals surface area (Å²) in [4.78, 5) is 21.6. The molecule has 0 aliphatic heterocycles. The Balaban J connectivity index is 1.59. The van der Waals surface area contributed by atoms with Crippen LogP contribution >= 0.6 is 11.6 Å². The van der Waals surface area contributed by atoms with Gasteiger partial charge in [0.05, 0.1) is 7.11 Å². The highest BCUT2D eigenvalue weighted by atomic mass is 35.5. The molecule has 8 heteroatoms. The van der Waals surface area contributed by atoms with Gasteiger partial charge in [-0.2, -0.15) is 9.67 Å².